The van der Waals surface area contributed by atoms with Crippen molar-refractivity contribution in [3.63, 3.8) is 0 Å². The van der Waals surface area contributed by atoms with Crippen LogP contribution in [0.1, 0.15) is 41.5 Å². The lowest BCUT2D eigenvalue weighted by atomic mass is 10.0. The van der Waals surface area contributed by atoms with Crippen molar-refractivity contribution in [1.82, 2.24) is 19.2 Å². The lowest BCUT2D eigenvalue weighted by Gasteiger charge is -2.29. The Balaban J connectivity index is 1.84. The quantitative estimate of drug-likeness (QED) is 0.747. The zero-order valence-electron chi connectivity index (χ0n) is 17.6. The maximum absolute atomic E-state index is 14.1. The highest BCUT2D eigenvalue weighted by atomic mass is 32.2. The van der Waals surface area contributed by atoms with E-state index >= 15 is 0 Å². The van der Waals surface area contributed by atoms with Crippen LogP contribution in [0.2, 0.25) is 0 Å². The van der Waals surface area contributed by atoms with E-state index in [1.165, 1.54) is 34.3 Å². The fraction of sp³-hybridized carbons (Fsp3) is 0.500. The summed E-state index contributed by atoms with van der Waals surface area (Å²) in [7, 11) is -0.703. The van der Waals surface area contributed by atoms with E-state index in [-0.39, 0.29) is 28.6 Å². The molecule has 8 nitrogen and oxygen atoms in total. The van der Waals surface area contributed by atoms with Crippen LogP contribution in [0.15, 0.2) is 23.2 Å². The first-order chi connectivity index (χ1) is 14.2. The number of rotatable bonds is 6. The van der Waals surface area contributed by atoms with Crippen LogP contribution in [0.5, 0.6) is 5.88 Å². The van der Waals surface area contributed by atoms with Gasteiger partial charge in [-0.25, -0.2) is 17.8 Å². The van der Waals surface area contributed by atoms with E-state index in [1.54, 1.807) is 14.0 Å². The Morgan fingerprint density at radius 2 is 2.17 bits per heavy atom. The Morgan fingerprint density at radius 1 is 1.43 bits per heavy atom. The number of sulfonamides is 1. The number of amides is 1. The molecule has 1 saturated heterocycles. The monoisotopic (exact) mass is 438 g/mol. The third kappa shape index (κ3) is 4.20. The first-order valence-electron chi connectivity index (χ1n) is 9.78. The van der Waals surface area contributed by atoms with E-state index < -0.39 is 21.7 Å². The molecule has 0 bridgehead atoms. The second kappa shape index (κ2) is 8.73. The third-order valence-corrected chi connectivity index (χ3v) is 7.52. The summed E-state index contributed by atoms with van der Waals surface area (Å²) in [6.07, 6.45) is 3.10. The summed E-state index contributed by atoms with van der Waals surface area (Å²) in [5.74, 6) is -0.683. The highest BCUT2D eigenvalue weighted by Crippen LogP contribution is 2.27. The number of nitrogens with one attached hydrogen (secondary N) is 1. The summed E-state index contributed by atoms with van der Waals surface area (Å²) in [6, 6.07) is 2.57. The molecule has 1 fully saturated rings. The number of halogens is 1. The zero-order valence-corrected chi connectivity index (χ0v) is 18.4. The summed E-state index contributed by atoms with van der Waals surface area (Å²) in [4.78, 5) is 16.8. The largest absolute Gasteiger partial charge is 0.481 e. The standard InChI is InChI=1S/C20H27FN4O4S/c1-13-6-5-9-25(12-13)30(27,28)18-10-17(24(3)14(18)2)19(26)23-11-15-16(21)7-8-22-20(15)29-4/h7-8,10,13H,5-6,9,11-12H2,1-4H3,(H,23,26). The van der Waals surface area contributed by atoms with Gasteiger partial charge in [0.15, 0.2) is 0 Å². The van der Waals surface area contributed by atoms with E-state index in [4.69, 9.17) is 4.74 Å². The van der Waals surface area contributed by atoms with Gasteiger partial charge < -0.3 is 14.6 Å². The molecule has 0 aromatic carbocycles. The number of piperidine rings is 1. The van der Waals surface area contributed by atoms with Gasteiger partial charge in [-0.1, -0.05) is 6.92 Å². The number of methoxy groups -OCH3 is 1. The van der Waals surface area contributed by atoms with Gasteiger partial charge in [0.25, 0.3) is 5.91 Å². The van der Waals surface area contributed by atoms with Gasteiger partial charge in [0.2, 0.25) is 15.9 Å². The van der Waals surface area contributed by atoms with Crippen molar-refractivity contribution in [2.75, 3.05) is 20.2 Å². The number of aromatic nitrogens is 2. The third-order valence-electron chi connectivity index (χ3n) is 5.54. The van der Waals surface area contributed by atoms with Crippen LogP contribution in [-0.4, -0.2) is 48.4 Å². The highest BCUT2D eigenvalue weighted by molar-refractivity contribution is 7.89. The maximum atomic E-state index is 14.1. The molecule has 0 saturated carbocycles. The number of pyridine rings is 1. The summed E-state index contributed by atoms with van der Waals surface area (Å²) >= 11 is 0. The Bertz CT molecular complexity index is 1050. The van der Waals surface area contributed by atoms with Gasteiger partial charge in [0.05, 0.1) is 19.2 Å². The molecule has 1 aliphatic rings. The molecule has 164 valence electrons. The van der Waals surface area contributed by atoms with Gasteiger partial charge in [0.1, 0.15) is 16.4 Å². The summed E-state index contributed by atoms with van der Waals surface area (Å²) in [5.41, 5.74) is 0.775. The van der Waals surface area contributed by atoms with Crippen molar-refractivity contribution < 1.29 is 22.3 Å². The van der Waals surface area contributed by atoms with Gasteiger partial charge >= 0.3 is 0 Å². The normalized spacial score (nSPS) is 17.7. The van der Waals surface area contributed by atoms with Crippen molar-refractivity contribution in [1.29, 1.82) is 0 Å². The molecular weight excluding hydrogens is 411 g/mol. The number of carbonyl (C=O) groups is 1. The molecule has 2 aromatic heterocycles. The van der Waals surface area contributed by atoms with Crippen molar-refractivity contribution in [3.05, 3.63) is 41.1 Å². The zero-order chi connectivity index (χ0) is 22.1. The van der Waals surface area contributed by atoms with E-state index in [1.807, 2.05) is 6.92 Å². The smallest absolute Gasteiger partial charge is 0.268 e. The predicted molar refractivity (Wildman–Crippen MR) is 109 cm³/mol. The Morgan fingerprint density at radius 3 is 2.83 bits per heavy atom. The van der Waals surface area contributed by atoms with E-state index in [0.717, 1.165) is 12.8 Å². The molecule has 1 atom stereocenters. The number of hydrogen-bond donors (Lipinski definition) is 1. The van der Waals surface area contributed by atoms with E-state index in [9.17, 15) is 17.6 Å². The molecular formula is C20H27FN4O4S. The maximum Gasteiger partial charge on any atom is 0.268 e. The number of carbonyl (C=O) groups excluding carboxylic acids is 1. The molecule has 10 heteroatoms. The minimum atomic E-state index is -3.70. The van der Waals surface area contributed by atoms with Crippen LogP contribution in [0.4, 0.5) is 4.39 Å². The number of hydrogen-bond acceptors (Lipinski definition) is 5. The molecule has 0 aliphatic carbocycles. The molecule has 1 amide bonds. The molecule has 3 heterocycles. The predicted octanol–water partition coefficient (Wildman–Crippen LogP) is 2.23. The van der Waals surface area contributed by atoms with E-state index in [2.05, 4.69) is 10.3 Å². The Labute approximate surface area is 176 Å². The van der Waals surface area contributed by atoms with Gasteiger partial charge in [0, 0.05) is 32.0 Å². The van der Waals surface area contributed by atoms with Gasteiger partial charge in [-0.3, -0.25) is 4.79 Å². The molecule has 0 radical (unpaired) electrons. The lowest BCUT2D eigenvalue weighted by molar-refractivity contribution is 0.0942. The van der Waals surface area contributed by atoms with Crippen LogP contribution in [-0.2, 0) is 23.6 Å². The first kappa shape index (κ1) is 22.2. The summed E-state index contributed by atoms with van der Waals surface area (Å²) < 4.78 is 48.4. The van der Waals surface area contributed by atoms with Crippen LogP contribution < -0.4 is 10.1 Å². The Kier molecular flexibility index (Phi) is 6.47. The minimum absolute atomic E-state index is 0.0841. The van der Waals surface area contributed by atoms with Crippen molar-refractivity contribution >= 4 is 15.9 Å². The van der Waals surface area contributed by atoms with E-state index in [0.29, 0.717) is 24.7 Å². The number of ether oxygens (including phenoxy) is 1. The van der Waals surface area contributed by atoms with Crippen LogP contribution in [0, 0.1) is 18.7 Å². The Hall–Kier alpha value is -2.46. The second-order valence-corrected chi connectivity index (χ2v) is 9.52. The van der Waals surface area contributed by atoms with Crippen molar-refractivity contribution in [2.24, 2.45) is 13.0 Å². The summed E-state index contributed by atoms with van der Waals surface area (Å²) in [5, 5.41) is 2.62. The SMILES string of the molecule is COc1nccc(F)c1CNC(=O)c1cc(S(=O)(=O)N2CCCC(C)C2)c(C)n1C. The average Bonchev–Trinajstić information content (AvgIpc) is 3.02. The highest BCUT2D eigenvalue weighted by Gasteiger charge is 2.32. The second-order valence-electron chi connectivity index (χ2n) is 7.61. The topological polar surface area (TPSA) is 93.5 Å². The number of nitrogens with zero attached hydrogens (tertiary/aromatic N) is 3. The van der Waals surface area contributed by atoms with Gasteiger partial charge in [-0.05, 0) is 37.8 Å². The summed E-state index contributed by atoms with van der Waals surface area (Å²) in [6.45, 7) is 4.50. The molecule has 1 unspecified atom stereocenters. The van der Waals surface area contributed by atoms with Crippen molar-refractivity contribution in [2.45, 2.75) is 38.1 Å². The van der Waals surface area contributed by atoms with Crippen LogP contribution in [0.25, 0.3) is 0 Å². The molecule has 30 heavy (non-hydrogen) atoms. The fourth-order valence-electron chi connectivity index (χ4n) is 3.70. The van der Waals surface area contributed by atoms with Gasteiger partial charge in [-0.2, -0.15) is 4.31 Å². The molecule has 0 spiro atoms. The van der Waals surface area contributed by atoms with Crippen LogP contribution >= 0.6 is 0 Å². The molecule has 1 aliphatic heterocycles. The molecule has 1 N–H and O–H groups in total. The fourth-order valence-corrected chi connectivity index (χ4v) is 5.57. The van der Waals surface area contributed by atoms with Crippen molar-refractivity contribution in [3.8, 4) is 5.88 Å². The van der Waals surface area contributed by atoms with Gasteiger partial charge in [-0.15, -0.1) is 0 Å². The van der Waals surface area contributed by atoms with Crippen LogP contribution in [0.3, 0.4) is 0 Å². The lowest BCUT2D eigenvalue weighted by Crippen LogP contribution is -2.39. The molecule has 2 aromatic rings. The molecule has 3 rings (SSSR count). The first-order valence-corrected chi connectivity index (χ1v) is 11.2. The average molecular weight is 439 g/mol. The minimum Gasteiger partial charge on any atom is -0.481 e.